The fraction of sp³-hybridized carbons (Fsp3) is 0.625. The van der Waals surface area contributed by atoms with Crippen molar-refractivity contribution in [3.63, 3.8) is 0 Å². The molecular formula is C8H14BrN3. The Hall–Kier alpha value is -0.350. The highest BCUT2D eigenvalue weighted by Gasteiger charge is 2.06. The minimum atomic E-state index is 0.901. The molecule has 1 aromatic heterocycles. The molecule has 0 fully saturated rings. The van der Waals surface area contributed by atoms with Crippen molar-refractivity contribution in [2.45, 2.75) is 13.5 Å². The minimum absolute atomic E-state index is 0.901. The maximum absolute atomic E-state index is 4.33. The molecule has 0 aromatic carbocycles. The van der Waals surface area contributed by atoms with Crippen LogP contribution in [-0.2, 0) is 13.6 Å². The molecule has 0 amide bonds. The second-order valence-electron chi connectivity index (χ2n) is 2.93. The fourth-order valence-electron chi connectivity index (χ4n) is 0.980. The van der Waals surface area contributed by atoms with Crippen molar-refractivity contribution in [1.29, 1.82) is 0 Å². The molecule has 0 bridgehead atoms. The molecule has 12 heavy (non-hydrogen) atoms. The first-order valence-corrected chi connectivity index (χ1v) is 4.79. The number of halogens is 1. The minimum Gasteiger partial charge on any atom is -0.301 e. The Balaban J connectivity index is 2.68. The molecule has 0 aliphatic rings. The van der Waals surface area contributed by atoms with Crippen LogP contribution >= 0.6 is 15.9 Å². The number of hydrogen-bond acceptors (Lipinski definition) is 2. The molecule has 0 spiro atoms. The smallest absolute Gasteiger partial charge is 0.0906 e. The summed E-state index contributed by atoms with van der Waals surface area (Å²) < 4.78 is 2.91. The van der Waals surface area contributed by atoms with Gasteiger partial charge in [0.2, 0.25) is 0 Å². The maximum atomic E-state index is 4.33. The summed E-state index contributed by atoms with van der Waals surface area (Å²) in [5.41, 5.74) is 1.10. The van der Waals surface area contributed by atoms with Crippen LogP contribution < -0.4 is 0 Å². The molecule has 0 atom stereocenters. The summed E-state index contributed by atoms with van der Waals surface area (Å²) >= 11 is 3.46. The van der Waals surface area contributed by atoms with E-state index in [1.165, 1.54) is 0 Å². The molecule has 1 aromatic rings. The second kappa shape index (κ2) is 4.05. The summed E-state index contributed by atoms with van der Waals surface area (Å²) in [6, 6.07) is 0. The van der Waals surface area contributed by atoms with Crippen molar-refractivity contribution < 1.29 is 0 Å². The molecule has 0 unspecified atom stereocenters. The maximum Gasteiger partial charge on any atom is 0.0906 e. The highest BCUT2D eigenvalue weighted by Crippen LogP contribution is 2.15. The first kappa shape index (κ1) is 9.74. The molecule has 0 N–H and O–H groups in total. The van der Waals surface area contributed by atoms with E-state index in [-0.39, 0.29) is 0 Å². The van der Waals surface area contributed by atoms with Gasteiger partial charge in [0.1, 0.15) is 0 Å². The molecular weight excluding hydrogens is 218 g/mol. The van der Waals surface area contributed by atoms with Gasteiger partial charge in [0.25, 0.3) is 0 Å². The van der Waals surface area contributed by atoms with Gasteiger partial charge in [0, 0.05) is 19.8 Å². The van der Waals surface area contributed by atoms with Gasteiger partial charge in [0.05, 0.1) is 10.2 Å². The van der Waals surface area contributed by atoms with Gasteiger partial charge in [0.15, 0.2) is 0 Å². The van der Waals surface area contributed by atoms with E-state index in [0.717, 1.165) is 23.3 Å². The van der Waals surface area contributed by atoms with Gasteiger partial charge in [-0.3, -0.25) is 4.68 Å². The lowest BCUT2D eigenvalue weighted by molar-refractivity contribution is 0.339. The molecule has 4 heteroatoms. The van der Waals surface area contributed by atoms with E-state index >= 15 is 0 Å². The van der Waals surface area contributed by atoms with E-state index in [1.54, 1.807) is 0 Å². The van der Waals surface area contributed by atoms with Crippen LogP contribution in [0.4, 0.5) is 0 Å². The standard InChI is InChI=1S/C8H14BrN3/c1-4-11(2)6-8-7(9)5-12(3)10-8/h5H,4,6H2,1-3H3. The Labute approximate surface area is 81.5 Å². The Morgan fingerprint density at radius 2 is 2.33 bits per heavy atom. The van der Waals surface area contributed by atoms with Crippen molar-refractivity contribution in [1.82, 2.24) is 14.7 Å². The quantitative estimate of drug-likeness (QED) is 0.789. The van der Waals surface area contributed by atoms with E-state index in [9.17, 15) is 0 Å². The van der Waals surface area contributed by atoms with E-state index in [4.69, 9.17) is 0 Å². The van der Waals surface area contributed by atoms with Crippen molar-refractivity contribution in [2.75, 3.05) is 13.6 Å². The predicted molar refractivity (Wildman–Crippen MR) is 52.9 cm³/mol. The lowest BCUT2D eigenvalue weighted by atomic mass is 10.4. The zero-order chi connectivity index (χ0) is 9.14. The SMILES string of the molecule is CCN(C)Cc1nn(C)cc1Br. The highest BCUT2D eigenvalue weighted by atomic mass is 79.9. The number of hydrogen-bond donors (Lipinski definition) is 0. The van der Waals surface area contributed by atoms with E-state index in [0.29, 0.717) is 0 Å². The molecule has 1 heterocycles. The van der Waals surface area contributed by atoms with Gasteiger partial charge in [-0.2, -0.15) is 5.10 Å². The molecule has 68 valence electrons. The van der Waals surface area contributed by atoms with Crippen LogP contribution in [0, 0.1) is 0 Å². The summed E-state index contributed by atoms with van der Waals surface area (Å²) in [5.74, 6) is 0. The summed E-state index contributed by atoms with van der Waals surface area (Å²) in [5, 5.41) is 4.33. The van der Waals surface area contributed by atoms with Crippen molar-refractivity contribution in [3.05, 3.63) is 16.4 Å². The van der Waals surface area contributed by atoms with Crippen LogP contribution in [0.1, 0.15) is 12.6 Å². The zero-order valence-electron chi connectivity index (χ0n) is 7.71. The normalized spacial score (nSPS) is 11.1. The van der Waals surface area contributed by atoms with Crippen LogP contribution in [0.5, 0.6) is 0 Å². The van der Waals surface area contributed by atoms with Gasteiger partial charge in [-0.25, -0.2) is 0 Å². The van der Waals surface area contributed by atoms with E-state index in [1.807, 2.05) is 17.9 Å². The first-order chi connectivity index (χ1) is 5.63. The van der Waals surface area contributed by atoms with Gasteiger partial charge in [-0.1, -0.05) is 6.92 Å². The summed E-state index contributed by atoms with van der Waals surface area (Å²) in [4.78, 5) is 2.22. The topological polar surface area (TPSA) is 21.1 Å². The molecule has 0 radical (unpaired) electrons. The predicted octanol–water partition coefficient (Wildman–Crippen LogP) is 1.63. The van der Waals surface area contributed by atoms with Gasteiger partial charge >= 0.3 is 0 Å². The van der Waals surface area contributed by atoms with Crippen LogP contribution in [0.15, 0.2) is 10.7 Å². The molecule has 0 saturated heterocycles. The second-order valence-corrected chi connectivity index (χ2v) is 3.78. The van der Waals surface area contributed by atoms with Crippen molar-refractivity contribution >= 4 is 15.9 Å². The third-order valence-electron chi connectivity index (χ3n) is 1.81. The number of rotatable bonds is 3. The molecule has 0 aliphatic carbocycles. The average molecular weight is 232 g/mol. The Morgan fingerprint density at radius 1 is 1.67 bits per heavy atom. The average Bonchev–Trinajstić information content (AvgIpc) is 2.30. The number of aromatic nitrogens is 2. The van der Waals surface area contributed by atoms with Gasteiger partial charge in [-0.05, 0) is 29.5 Å². The number of nitrogens with zero attached hydrogens (tertiary/aromatic N) is 3. The van der Waals surface area contributed by atoms with Gasteiger partial charge in [-0.15, -0.1) is 0 Å². The van der Waals surface area contributed by atoms with E-state index in [2.05, 4.69) is 39.9 Å². The summed E-state index contributed by atoms with van der Waals surface area (Å²) in [6.45, 7) is 4.08. The van der Waals surface area contributed by atoms with E-state index < -0.39 is 0 Å². The van der Waals surface area contributed by atoms with Crippen molar-refractivity contribution in [3.8, 4) is 0 Å². The first-order valence-electron chi connectivity index (χ1n) is 4.00. The molecule has 3 nitrogen and oxygen atoms in total. The van der Waals surface area contributed by atoms with Crippen LogP contribution in [0.2, 0.25) is 0 Å². The lowest BCUT2D eigenvalue weighted by Gasteiger charge is -2.11. The highest BCUT2D eigenvalue weighted by molar-refractivity contribution is 9.10. The van der Waals surface area contributed by atoms with Crippen LogP contribution in [0.3, 0.4) is 0 Å². The monoisotopic (exact) mass is 231 g/mol. The fourth-order valence-corrected chi connectivity index (χ4v) is 1.48. The molecule has 0 saturated carbocycles. The van der Waals surface area contributed by atoms with Crippen molar-refractivity contribution in [2.24, 2.45) is 7.05 Å². The third kappa shape index (κ3) is 2.32. The zero-order valence-corrected chi connectivity index (χ0v) is 9.30. The molecule has 0 aliphatic heterocycles. The molecule has 1 rings (SSSR count). The third-order valence-corrected chi connectivity index (χ3v) is 2.48. The Morgan fingerprint density at radius 3 is 2.75 bits per heavy atom. The van der Waals surface area contributed by atoms with Gasteiger partial charge < -0.3 is 4.90 Å². The summed E-state index contributed by atoms with van der Waals surface area (Å²) in [6.07, 6.45) is 1.97. The lowest BCUT2D eigenvalue weighted by Crippen LogP contribution is -2.17. The summed E-state index contributed by atoms with van der Waals surface area (Å²) in [7, 11) is 4.02. The van der Waals surface area contributed by atoms with Crippen LogP contribution in [0.25, 0.3) is 0 Å². The Kier molecular flexibility index (Phi) is 3.29. The Bertz CT molecular complexity index is 257. The number of aryl methyl sites for hydroxylation is 1. The largest absolute Gasteiger partial charge is 0.301 e. The van der Waals surface area contributed by atoms with Crippen LogP contribution in [-0.4, -0.2) is 28.3 Å².